The average Bonchev–Trinajstić information content (AvgIpc) is 3.43. The number of thioether (sulfide) groups is 1. The lowest BCUT2D eigenvalue weighted by Gasteiger charge is -2.58. The third-order valence-electron chi connectivity index (χ3n) is 11.1. The van der Waals surface area contributed by atoms with E-state index in [-0.39, 0.29) is 6.04 Å². The monoisotopic (exact) mass is 593 g/mol. The average molecular weight is 594 g/mol. The van der Waals surface area contributed by atoms with Gasteiger partial charge in [0.15, 0.2) is 5.16 Å². The van der Waals surface area contributed by atoms with E-state index in [2.05, 4.69) is 79.3 Å². The summed E-state index contributed by atoms with van der Waals surface area (Å²) in [5.41, 5.74) is 3.71. The Kier molecular flexibility index (Phi) is 7.74. The fraction of sp³-hybridized carbons (Fsp3) is 0.528. The highest BCUT2D eigenvalue weighted by atomic mass is 32.2. The zero-order valence-electron chi connectivity index (χ0n) is 25.0. The molecule has 3 aromatic rings. The van der Waals surface area contributed by atoms with E-state index in [4.69, 9.17) is 0 Å². The molecular weight excluding hydrogens is 550 g/mol. The van der Waals surface area contributed by atoms with E-state index in [1.807, 2.05) is 18.5 Å². The first-order valence-corrected chi connectivity index (χ1v) is 17.4. The van der Waals surface area contributed by atoms with Crippen LogP contribution < -0.4 is 0 Å². The van der Waals surface area contributed by atoms with Crippen molar-refractivity contribution in [1.29, 1.82) is 0 Å². The van der Waals surface area contributed by atoms with Crippen LogP contribution in [0.25, 0.3) is 11.1 Å². The molecule has 4 saturated carbocycles. The van der Waals surface area contributed by atoms with Crippen molar-refractivity contribution in [3.8, 4) is 11.1 Å². The van der Waals surface area contributed by atoms with Crippen LogP contribution in [0.2, 0.25) is 0 Å². The Labute approximate surface area is 260 Å². The smallest absolute Gasteiger partial charge is 0.240 e. The lowest BCUT2D eigenvalue weighted by Crippen LogP contribution is -2.61. The second-order valence-electron chi connectivity index (χ2n) is 13.8. The molecule has 4 aliphatic carbocycles. The molecule has 2 aromatic carbocycles. The normalized spacial score (nSPS) is 32.4. The number of aromatic nitrogens is 2. The molecule has 0 unspecified atom stereocenters. The van der Waals surface area contributed by atoms with Crippen molar-refractivity contribution >= 4 is 17.7 Å². The largest absolute Gasteiger partial charge is 0.339 e. The number of carbonyl (C=O) groups is 1. The Morgan fingerprint density at radius 1 is 0.744 bits per heavy atom. The second kappa shape index (κ2) is 12.0. The quantitative estimate of drug-likeness (QED) is 0.321. The lowest BCUT2D eigenvalue weighted by atomic mass is 9.54. The van der Waals surface area contributed by atoms with E-state index >= 15 is 0 Å². The zero-order chi connectivity index (χ0) is 28.8. The van der Waals surface area contributed by atoms with Crippen LogP contribution in [0.4, 0.5) is 0 Å². The number of hydrogen-bond donors (Lipinski definition) is 0. The second-order valence-corrected chi connectivity index (χ2v) is 15.1. The first-order valence-electron chi connectivity index (χ1n) is 16.5. The summed E-state index contributed by atoms with van der Waals surface area (Å²) in [7, 11) is 0. The Hall–Kier alpha value is -2.74. The lowest BCUT2D eigenvalue weighted by molar-refractivity contribution is -0.140. The molecule has 0 N–H and O–H groups in total. The number of benzene rings is 2. The number of carbonyl (C=O) groups excluding carboxylic acids is 1. The highest BCUT2D eigenvalue weighted by Crippen LogP contribution is 2.55. The summed E-state index contributed by atoms with van der Waals surface area (Å²) in [6.45, 7) is 5.49. The maximum Gasteiger partial charge on any atom is 0.240 e. The number of hydrogen-bond acceptors (Lipinski definition) is 6. The predicted octanol–water partition coefficient (Wildman–Crippen LogP) is 5.85. The summed E-state index contributed by atoms with van der Waals surface area (Å²) in [5, 5.41) is 1.10. The van der Waals surface area contributed by atoms with Gasteiger partial charge in [-0.15, -0.1) is 0 Å². The maximum atomic E-state index is 14.2. The number of likely N-dealkylation sites (tertiary alicyclic amines) is 1. The summed E-state index contributed by atoms with van der Waals surface area (Å²) < 4.78 is 0. The van der Waals surface area contributed by atoms with Crippen LogP contribution in [-0.4, -0.2) is 80.6 Å². The van der Waals surface area contributed by atoms with Crippen LogP contribution in [0.1, 0.15) is 44.1 Å². The van der Waals surface area contributed by atoms with E-state index in [0.717, 1.165) is 80.6 Å². The highest BCUT2D eigenvalue weighted by Gasteiger charge is 2.50. The molecule has 1 amide bonds. The molecule has 3 heterocycles. The third kappa shape index (κ3) is 5.76. The molecule has 0 spiro atoms. The van der Waals surface area contributed by atoms with E-state index in [9.17, 15) is 4.79 Å². The van der Waals surface area contributed by atoms with Gasteiger partial charge in [0.25, 0.3) is 0 Å². The van der Waals surface area contributed by atoms with Crippen LogP contribution in [0.5, 0.6) is 0 Å². The number of rotatable bonds is 7. The SMILES string of the molecule is O=C([C@@H]1C[C@@H](Sc2ncccn2)CN1Cc1ccc(-c2ccccc2)cc1)N1CCN(C2C3CC4CC(C3)CC2C4)CC1. The van der Waals surface area contributed by atoms with Gasteiger partial charge in [0, 0.05) is 63.0 Å². The van der Waals surface area contributed by atoms with Crippen molar-refractivity contribution in [2.24, 2.45) is 23.7 Å². The van der Waals surface area contributed by atoms with Crippen LogP contribution in [0.15, 0.2) is 78.2 Å². The van der Waals surface area contributed by atoms with Crippen LogP contribution in [0, 0.1) is 23.7 Å². The van der Waals surface area contributed by atoms with Crippen molar-refractivity contribution in [2.75, 3.05) is 32.7 Å². The Bertz CT molecular complexity index is 1370. The molecule has 2 saturated heterocycles. The van der Waals surface area contributed by atoms with E-state index in [0.29, 0.717) is 11.2 Å². The van der Waals surface area contributed by atoms with E-state index < -0.39 is 0 Å². The minimum absolute atomic E-state index is 0.0947. The summed E-state index contributed by atoms with van der Waals surface area (Å²) >= 11 is 1.72. The standard InChI is InChI=1S/C36H43N5OS/c42-35(40-15-13-39(14-16-40)34-30-18-26-17-27(20-30)21-31(34)19-26)33-22-32(43-36-37-11-4-12-38-36)24-41(33)23-25-7-9-29(10-8-25)28-5-2-1-3-6-28/h1-12,26-27,30-34H,13-24H2/t26?,27?,30?,31?,32-,33+,34?/m1/s1. The van der Waals surface area contributed by atoms with Gasteiger partial charge in [0.1, 0.15) is 0 Å². The van der Waals surface area contributed by atoms with Crippen molar-refractivity contribution in [3.63, 3.8) is 0 Å². The molecule has 0 radical (unpaired) electrons. The molecule has 6 fully saturated rings. The fourth-order valence-electron chi connectivity index (χ4n) is 9.49. The Morgan fingerprint density at radius 2 is 1.40 bits per heavy atom. The van der Waals surface area contributed by atoms with Gasteiger partial charge in [-0.25, -0.2) is 9.97 Å². The molecule has 1 aromatic heterocycles. The van der Waals surface area contributed by atoms with Gasteiger partial charge >= 0.3 is 0 Å². The molecule has 6 aliphatic rings. The van der Waals surface area contributed by atoms with Gasteiger partial charge in [0.2, 0.25) is 5.91 Å². The molecule has 43 heavy (non-hydrogen) atoms. The van der Waals surface area contributed by atoms with Crippen molar-refractivity contribution in [1.82, 2.24) is 24.7 Å². The first kappa shape index (κ1) is 27.8. The van der Waals surface area contributed by atoms with Gasteiger partial charge in [-0.1, -0.05) is 66.4 Å². The highest BCUT2D eigenvalue weighted by molar-refractivity contribution is 7.99. The van der Waals surface area contributed by atoms with Gasteiger partial charge in [-0.05, 0) is 85.0 Å². The minimum Gasteiger partial charge on any atom is -0.339 e. The third-order valence-corrected chi connectivity index (χ3v) is 12.2. The number of piperazine rings is 1. The minimum atomic E-state index is -0.0947. The molecule has 2 atom stereocenters. The number of amides is 1. The van der Waals surface area contributed by atoms with Crippen LogP contribution in [0.3, 0.4) is 0 Å². The van der Waals surface area contributed by atoms with Gasteiger partial charge in [0.05, 0.1) is 6.04 Å². The summed E-state index contributed by atoms with van der Waals surface area (Å²) in [5.74, 6) is 4.17. The Balaban J connectivity index is 0.946. The first-order chi connectivity index (χ1) is 21.2. The predicted molar refractivity (Wildman–Crippen MR) is 171 cm³/mol. The maximum absolute atomic E-state index is 14.2. The van der Waals surface area contributed by atoms with Crippen molar-refractivity contribution in [3.05, 3.63) is 78.6 Å². The van der Waals surface area contributed by atoms with E-state index in [1.54, 1.807) is 11.8 Å². The molecular formula is C36H43N5OS. The number of nitrogens with zero attached hydrogens (tertiary/aromatic N) is 5. The summed E-state index contributed by atoms with van der Waals surface area (Å²) in [6, 6.07) is 22.0. The molecule has 4 bridgehead atoms. The van der Waals surface area contributed by atoms with Crippen molar-refractivity contribution in [2.45, 2.75) is 67.6 Å². The Morgan fingerprint density at radius 3 is 2.07 bits per heavy atom. The molecule has 7 heteroatoms. The van der Waals surface area contributed by atoms with Crippen LogP contribution >= 0.6 is 11.8 Å². The van der Waals surface area contributed by atoms with Gasteiger partial charge < -0.3 is 4.90 Å². The van der Waals surface area contributed by atoms with Gasteiger partial charge in [-0.3, -0.25) is 14.6 Å². The van der Waals surface area contributed by atoms with E-state index in [1.165, 1.54) is 48.8 Å². The molecule has 2 aliphatic heterocycles. The summed E-state index contributed by atoms with van der Waals surface area (Å²) in [6.07, 6.45) is 11.8. The van der Waals surface area contributed by atoms with Gasteiger partial charge in [-0.2, -0.15) is 0 Å². The van der Waals surface area contributed by atoms with Crippen molar-refractivity contribution < 1.29 is 4.79 Å². The molecule has 9 rings (SSSR count). The topological polar surface area (TPSA) is 52.6 Å². The molecule has 6 nitrogen and oxygen atoms in total. The fourth-order valence-corrected chi connectivity index (χ4v) is 10.6. The van der Waals surface area contributed by atoms with Crippen LogP contribution in [-0.2, 0) is 11.3 Å². The summed E-state index contributed by atoms with van der Waals surface area (Å²) in [4.78, 5) is 30.5. The zero-order valence-corrected chi connectivity index (χ0v) is 25.8. The molecule has 224 valence electrons.